The zero-order chi connectivity index (χ0) is 11.0. The van der Waals surface area contributed by atoms with E-state index in [9.17, 15) is 9.59 Å². The van der Waals surface area contributed by atoms with Crippen LogP contribution >= 0.6 is 0 Å². The topological polar surface area (TPSA) is 34.1 Å². The predicted octanol–water partition coefficient (Wildman–Crippen LogP) is 2.75. The molecule has 1 aromatic rings. The number of carbonyl (C=O) groups excluding carboxylic acids is 2. The molecule has 0 bridgehead atoms. The van der Waals surface area contributed by atoms with Crippen LogP contribution in [-0.2, 0) is 0 Å². The molecule has 0 spiro atoms. The molecule has 0 amide bonds. The number of benzene rings is 1. The van der Waals surface area contributed by atoms with Gasteiger partial charge in [-0.15, -0.1) is 0 Å². The number of hydrogen-bond donors (Lipinski definition) is 0. The van der Waals surface area contributed by atoms with E-state index in [1.165, 1.54) is 12.2 Å². The van der Waals surface area contributed by atoms with Gasteiger partial charge in [-0.2, -0.15) is 0 Å². The molecule has 0 heterocycles. The summed E-state index contributed by atoms with van der Waals surface area (Å²) in [5.74, 6) is 0.205. The maximum Gasteiger partial charge on any atom is 0.186 e. The van der Waals surface area contributed by atoms with Gasteiger partial charge in [0, 0.05) is 11.1 Å². The van der Waals surface area contributed by atoms with Crippen LogP contribution in [0.4, 0.5) is 0 Å². The van der Waals surface area contributed by atoms with Gasteiger partial charge in [-0.3, -0.25) is 9.59 Å². The van der Waals surface area contributed by atoms with Gasteiger partial charge >= 0.3 is 0 Å². The normalized spacial score (nSPS) is 14.6. The van der Waals surface area contributed by atoms with Crippen LogP contribution in [0.25, 0.3) is 0 Å². The third-order valence-corrected chi connectivity index (χ3v) is 2.63. The van der Waals surface area contributed by atoms with E-state index in [0.29, 0.717) is 17.0 Å². The summed E-state index contributed by atoms with van der Waals surface area (Å²) in [6.45, 7) is 4.12. The van der Waals surface area contributed by atoms with Crippen molar-refractivity contribution in [3.05, 3.63) is 47.0 Å². The number of allylic oxidation sites excluding steroid dienone is 2. The monoisotopic (exact) mass is 200 g/mol. The summed E-state index contributed by atoms with van der Waals surface area (Å²) < 4.78 is 0. The summed E-state index contributed by atoms with van der Waals surface area (Å²) in [7, 11) is 0. The van der Waals surface area contributed by atoms with Crippen molar-refractivity contribution in [1.82, 2.24) is 0 Å². The van der Waals surface area contributed by atoms with Gasteiger partial charge in [-0.1, -0.05) is 26.0 Å². The third-order valence-electron chi connectivity index (χ3n) is 2.63. The maximum atomic E-state index is 11.6. The van der Waals surface area contributed by atoms with Crippen LogP contribution < -0.4 is 0 Å². The van der Waals surface area contributed by atoms with Crippen LogP contribution in [0, 0.1) is 0 Å². The van der Waals surface area contributed by atoms with E-state index in [0.717, 1.165) is 5.56 Å². The predicted molar refractivity (Wildman–Crippen MR) is 58.3 cm³/mol. The fourth-order valence-electron chi connectivity index (χ4n) is 1.67. The van der Waals surface area contributed by atoms with E-state index < -0.39 is 0 Å². The lowest BCUT2D eigenvalue weighted by atomic mass is 9.90. The number of rotatable bonds is 1. The lowest BCUT2D eigenvalue weighted by molar-refractivity contribution is 0.0994. The SMILES string of the molecule is CC(C)c1ccc2c(c1)C(=O)C=CC2=O. The minimum absolute atomic E-state index is 0.0768. The quantitative estimate of drug-likeness (QED) is 0.698. The summed E-state index contributed by atoms with van der Waals surface area (Å²) in [5.41, 5.74) is 2.14. The standard InChI is InChI=1S/C13H12O2/c1-8(2)9-3-4-10-11(7-9)13(15)6-5-12(10)14/h3-8H,1-2H3. The Kier molecular flexibility index (Phi) is 2.27. The van der Waals surface area contributed by atoms with Crippen molar-refractivity contribution < 1.29 is 9.59 Å². The molecule has 2 heteroatoms. The van der Waals surface area contributed by atoms with Gasteiger partial charge in [0.1, 0.15) is 0 Å². The van der Waals surface area contributed by atoms with Crippen molar-refractivity contribution in [2.75, 3.05) is 0 Å². The van der Waals surface area contributed by atoms with E-state index in [-0.39, 0.29) is 11.6 Å². The van der Waals surface area contributed by atoms with Crippen LogP contribution in [0.5, 0.6) is 0 Å². The van der Waals surface area contributed by atoms with E-state index in [4.69, 9.17) is 0 Å². The Morgan fingerprint density at radius 2 is 1.53 bits per heavy atom. The largest absolute Gasteiger partial charge is 0.289 e. The van der Waals surface area contributed by atoms with Gasteiger partial charge < -0.3 is 0 Å². The van der Waals surface area contributed by atoms with Crippen molar-refractivity contribution in [3.63, 3.8) is 0 Å². The maximum absolute atomic E-state index is 11.6. The Balaban J connectivity index is 2.58. The summed E-state index contributed by atoms with van der Waals surface area (Å²) in [6, 6.07) is 5.48. The Morgan fingerprint density at radius 3 is 2.13 bits per heavy atom. The molecule has 0 saturated heterocycles. The molecule has 0 aliphatic heterocycles. The van der Waals surface area contributed by atoms with Crippen LogP contribution in [-0.4, -0.2) is 11.6 Å². The fourth-order valence-corrected chi connectivity index (χ4v) is 1.67. The van der Waals surface area contributed by atoms with Crippen LogP contribution in [0.3, 0.4) is 0 Å². The molecule has 0 atom stereocenters. The van der Waals surface area contributed by atoms with Crippen molar-refractivity contribution in [1.29, 1.82) is 0 Å². The molecule has 2 nitrogen and oxygen atoms in total. The summed E-state index contributed by atoms with van der Waals surface area (Å²) in [6.07, 6.45) is 2.68. The van der Waals surface area contributed by atoms with Gasteiger partial charge in [0.05, 0.1) is 0 Å². The zero-order valence-electron chi connectivity index (χ0n) is 8.78. The second-order valence-electron chi connectivity index (χ2n) is 4.02. The summed E-state index contributed by atoms with van der Waals surface area (Å²) in [4.78, 5) is 23.0. The first-order valence-electron chi connectivity index (χ1n) is 5.00. The van der Waals surface area contributed by atoms with E-state index >= 15 is 0 Å². The highest BCUT2D eigenvalue weighted by molar-refractivity contribution is 6.22. The second kappa shape index (κ2) is 3.46. The van der Waals surface area contributed by atoms with E-state index in [2.05, 4.69) is 13.8 Å². The minimum atomic E-state index is -0.0834. The van der Waals surface area contributed by atoms with Gasteiger partial charge in [0.25, 0.3) is 0 Å². The molecule has 1 aliphatic carbocycles. The summed E-state index contributed by atoms with van der Waals surface area (Å²) in [5, 5.41) is 0. The first-order chi connectivity index (χ1) is 7.09. The fraction of sp³-hybridized carbons (Fsp3) is 0.231. The molecule has 0 radical (unpaired) electrons. The number of ketones is 2. The molecule has 0 unspecified atom stereocenters. The van der Waals surface area contributed by atoms with Crippen LogP contribution in [0.15, 0.2) is 30.4 Å². The Labute approximate surface area is 88.6 Å². The lowest BCUT2D eigenvalue weighted by Crippen LogP contribution is -2.12. The van der Waals surface area contributed by atoms with Gasteiger partial charge in [-0.05, 0) is 29.7 Å². The third kappa shape index (κ3) is 1.63. The summed E-state index contributed by atoms with van der Waals surface area (Å²) >= 11 is 0. The van der Waals surface area contributed by atoms with Gasteiger partial charge in [0.15, 0.2) is 11.6 Å². The number of fused-ring (bicyclic) bond motifs is 1. The first kappa shape index (κ1) is 9.84. The molecule has 0 aromatic heterocycles. The average Bonchev–Trinajstić information content (AvgIpc) is 2.23. The highest BCUT2D eigenvalue weighted by atomic mass is 16.1. The van der Waals surface area contributed by atoms with E-state index in [1.807, 2.05) is 12.1 Å². The molecule has 0 saturated carbocycles. The highest BCUT2D eigenvalue weighted by Gasteiger charge is 2.19. The number of hydrogen-bond acceptors (Lipinski definition) is 2. The van der Waals surface area contributed by atoms with Gasteiger partial charge in [-0.25, -0.2) is 0 Å². The van der Waals surface area contributed by atoms with Crippen molar-refractivity contribution in [3.8, 4) is 0 Å². The zero-order valence-corrected chi connectivity index (χ0v) is 8.78. The molecule has 0 fully saturated rings. The van der Waals surface area contributed by atoms with Crippen LogP contribution in [0.2, 0.25) is 0 Å². The Morgan fingerprint density at radius 1 is 0.933 bits per heavy atom. The molecule has 1 aromatic carbocycles. The number of carbonyl (C=O) groups is 2. The molecule has 15 heavy (non-hydrogen) atoms. The van der Waals surface area contributed by atoms with Crippen LogP contribution in [0.1, 0.15) is 46.0 Å². The highest BCUT2D eigenvalue weighted by Crippen LogP contribution is 2.22. The second-order valence-corrected chi connectivity index (χ2v) is 4.02. The molecule has 76 valence electrons. The lowest BCUT2D eigenvalue weighted by Gasteiger charge is -2.12. The van der Waals surface area contributed by atoms with Crippen molar-refractivity contribution >= 4 is 11.6 Å². The van der Waals surface area contributed by atoms with Gasteiger partial charge in [0.2, 0.25) is 0 Å². The Bertz CT molecular complexity index is 467. The minimum Gasteiger partial charge on any atom is -0.289 e. The van der Waals surface area contributed by atoms with E-state index in [1.54, 1.807) is 6.07 Å². The first-order valence-corrected chi connectivity index (χ1v) is 5.00. The molecular weight excluding hydrogens is 188 g/mol. The molecule has 0 N–H and O–H groups in total. The van der Waals surface area contributed by atoms with Crippen molar-refractivity contribution in [2.45, 2.75) is 19.8 Å². The smallest absolute Gasteiger partial charge is 0.186 e. The molecular formula is C13H12O2. The molecule has 1 aliphatic rings. The Hall–Kier alpha value is -1.70. The molecule has 2 rings (SSSR count). The average molecular weight is 200 g/mol. The van der Waals surface area contributed by atoms with Crippen molar-refractivity contribution in [2.24, 2.45) is 0 Å².